The molecule has 3 heterocycles. The van der Waals surface area contributed by atoms with Gasteiger partial charge in [0, 0.05) is 17.7 Å². The molecular formula is C13H11NO. The van der Waals surface area contributed by atoms with Crippen molar-refractivity contribution in [1.29, 1.82) is 0 Å². The number of ether oxygens (including phenoxy) is 1. The van der Waals surface area contributed by atoms with Gasteiger partial charge < -0.3 is 4.74 Å². The van der Waals surface area contributed by atoms with Gasteiger partial charge >= 0.3 is 0 Å². The zero-order valence-corrected chi connectivity index (χ0v) is 8.26. The zero-order chi connectivity index (χ0) is 9.83. The molecule has 0 fully saturated rings. The first-order valence-electron chi connectivity index (χ1n) is 5.42. The summed E-state index contributed by atoms with van der Waals surface area (Å²) in [6.45, 7) is 0. The molecule has 3 unspecified atom stereocenters. The number of hydrogen-bond donors (Lipinski definition) is 0. The molecule has 0 radical (unpaired) electrons. The van der Waals surface area contributed by atoms with Gasteiger partial charge in [-0.05, 0) is 6.08 Å². The van der Waals surface area contributed by atoms with E-state index < -0.39 is 0 Å². The van der Waals surface area contributed by atoms with Crippen molar-refractivity contribution in [1.82, 2.24) is 0 Å². The van der Waals surface area contributed by atoms with Crippen LogP contribution in [0.1, 0.15) is 6.42 Å². The number of rotatable bonds is 0. The Bertz CT molecular complexity index is 479. The van der Waals surface area contributed by atoms with Crippen molar-refractivity contribution in [3.8, 4) is 0 Å². The maximum Gasteiger partial charge on any atom is 0.0969 e. The molecule has 4 bridgehead atoms. The fraction of sp³-hybridized carbons (Fsp3) is 0.308. The lowest BCUT2D eigenvalue weighted by Gasteiger charge is -2.41. The minimum atomic E-state index is 0.220. The summed E-state index contributed by atoms with van der Waals surface area (Å²) in [6, 6.07) is 0. The maximum atomic E-state index is 6.02. The van der Waals surface area contributed by atoms with Gasteiger partial charge in [-0.1, -0.05) is 30.4 Å². The number of fused-ring (bicyclic) bond motifs is 1. The van der Waals surface area contributed by atoms with Crippen molar-refractivity contribution in [2.45, 2.75) is 18.6 Å². The molecule has 0 saturated heterocycles. The first-order valence-corrected chi connectivity index (χ1v) is 5.42. The van der Waals surface area contributed by atoms with Crippen LogP contribution in [0.4, 0.5) is 0 Å². The molecule has 3 aliphatic heterocycles. The Morgan fingerprint density at radius 3 is 3.13 bits per heavy atom. The molecule has 2 heteroatoms. The van der Waals surface area contributed by atoms with E-state index >= 15 is 0 Å². The van der Waals surface area contributed by atoms with Crippen molar-refractivity contribution in [3.05, 3.63) is 47.7 Å². The molecule has 5 aliphatic rings. The van der Waals surface area contributed by atoms with Crippen LogP contribution in [0.15, 0.2) is 52.7 Å². The molecule has 0 saturated carbocycles. The Morgan fingerprint density at radius 2 is 2.20 bits per heavy atom. The minimum absolute atomic E-state index is 0.220. The molecule has 74 valence electrons. The Morgan fingerprint density at radius 1 is 1.20 bits per heavy atom. The standard InChI is InChI=1S/C13H11NO/c1-2-4-11-9(3-1)13-10-6-5-8(15-13)7-12(10)14-11/h1-6,8-9,13H,7H2. The minimum Gasteiger partial charge on any atom is -0.365 e. The average Bonchev–Trinajstić information content (AvgIpc) is 2.29. The van der Waals surface area contributed by atoms with Crippen LogP contribution in [0.2, 0.25) is 0 Å². The number of aliphatic imine (C=N–C) groups is 1. The summed E-state index contributed by atoms with van der Waals surface area (Å²) < 4.78 is 6.02. The Kier molecular flexibility index (Phi) is 1.35. The van der Waals surface area contributed by atoms with Crippen LogP contribution in [0.3, 0.4) is 0 Å². The van der Waals surface area contributed by atoms with Crippen LogP contribution in [0.25, 0.3) is 0 Å². The second-order valence-electron chi connectivity index (χ2n) is 4.37. The second kappa shape index (κ2) is 2.58. The fourth-order valence-electron chi connectivity index (χ4n) is 2.76. The maximum absolute atomic E-state index is 6.02. The normalized spacial score (nSPS) is 39.5. The topological polar surface area (TPSA) is 21.6 Å². The van der Waals surface area contributed by atoms with E-state index in [4.69, 9.17) is 9.73 Å². The average molecular weight is 197 g/mol. The molecule has 2 nitrogen and oxygen atoms in total. The van der Waals surface area contributed by atoms with E-state index in [0.29, 0.717) is 5.92 Å². The van der Waals surface area contributed by atoms with Crippen molar-refractivity contribution >= 4 is 5.71 Å². The third kappa shape index (κ3) is 0.948. The van der Waals surface area contributed by atoms with E-state index in [1.54, 1.807) is 0 Å². The smallest absolute Gasteiger partial charge is 0.0969 e. The zero-order valence-electron chi connectivity index (χ0n) is 8.26. The van der Waals surface area contributed by atoms with E-state index in [-0.39, 0.29) is 12.2 Å². The third-order valence-corrected chi connectivity index (χ3v) is 3.47. The molecule has 2 aliphatic carbocycles. The van der Waals surface area contributed by atoms with Crippen LogP contribution in [0.5, 0.6) is 0 Å². The van der Waals surface area contributed by atoms with Gasteiger partial charge in [0.15, 0.2) is 0 Å². The molecule has 0 aromatic heterocycles. The van der Waals surface area contributed by atoms with Crippen molar-refractivity contribution < 1.29 is 4.74 Å². The molecule has 0 aromatic carbocycles. The van der Waals surface area contributed by atoms with Crippen LogP contribution in [-0.2, 0) is 4.74 Å². The summed E-state index contributed by atoms with van der Waals surface area (Å²) in [7, 11) is 0. The largest absolute Gasteiger partial charge is 0.365 e. The van der Waals surface area contributed by atoms with E-state index in [9.17, 15) is 0 Å². The lowest BCUT2D eigenvalue weighted by molar-refractivity contribution is 0.00556. The lowest BCUT2D eigenvalue weighted by atomic mass is 9.80. The van der Waals surface area contributed by atoms with E-state index in [0.717, 1.165) is 12.1 Å². The molecule has 0 spiro atoms. The number of allylic oxidation sites excluding steroid dienone is 3. The van der Waals surface area contributed by atoms with Crippen LogP contribution in [-0.4, -0.2) is 17.9 Å². The van der Waals surface area contributed by atoms with Crippen molar-refractivity contribution in [3.63, 3.8) is 0 Å². The highest BCUT2D eigenvalue weighted by atomic mass is 16.5. The van der Waals surface area contributed by atoms with E-state index in [1.807, 2.05) is 0 Å². The quantitative estimate of drug-likeness (QED) is 0.583. The highest BCUT2D eigenvalue weighted by Crippen LogP contribution is 2.41. The highest BCUT2D eigenvalue weighted by molar-refractivity contribution is 6.01. The van der Waals surface area contributed by atoms with Gasteiger partial charge in [0.1, 0.15) is 0 Å². The molecule has 3 atom stereocenters. The van der Waals surface area contributed by atoms with Gasteiger partial charge in [-0.15, -0.1) is 0 Å². The van der Waals surface area contributed by atoms with Crippen molar-refractivity contribution in [2.24, 2.45) is 10.9 Å². The van der Waals surface area contributed by atoms with Crippen LogP contribution in [0, 0.1) is 5.92 Å². The van der Waals surface area contributed by atoms with Crippen LogP contribution < -0.4 is 0 Å². The van der Waals surface area contributed by atoms with E-state index in [1.165, 1.54) is 11.3 Å². The van der Waals surface area contributed by atoms with Crippen LogP contribution >= 0.6 is 0 Å². The summed E-state index contributed by atoms with van der Waals surface area (Å²) in [6.07, 6.45) is 14.2. The summed E-state index contributed by atoms with van der Waals surface area (Å²) in [5.74, 6) is 0.335. The molecular weight excluding hydrogens is 186 g/mol. The van der Waals surface area contributed by atoms with Gasteiger partial charge in [-0.3, -0.25) is 4.99 Å². The molecule has 0 amide bonds. The number of hydrogen-bond acceptors (Lipinski definition) is 2. The second-order valence-corrected chi connectivity index (χ2v) is 4.37. The lowest BCUT2D eigenvalue weighted by Crippen LogP contribution is -2.42. The van der Waals surface area contributed by atoms with E-state index in [2.05, 4.69) is 36.5 Å². The summed E-state index contributed by atoms with van der Waals surface area (Å²) in [5.41, 5.74) is 3.70. The monoisotopic (exact) mass is 197 g/mol. The molecule has 15 heavy (non-hydrogen) atoms. The molecule has 0 N–H and O–H groups in total. The SMILES string of the molecule is C1=CC2=NC3=C4C=CC(C3)OC4C2C=C1. The highest BCUT2D eigenvalue weighted by Gasteiger charge is 2.40. The van der Waals surface area contributed by atoms with Gasteiger partial charge in [0.05, 0.1) is 23.8 Å². The predicted octanol–water partition coefficient (Wildman–Crippen LogP) is 2.16. The summed E-state index contributed by atoms with van der Waals surface area (Å²) in [5, 5.41) is 0. The van der Waals surface area contributed by atoms with Gasteiger partial charge in [-0.2, -0.15) is 0 Å². The predicted molar refractivity (Wildman–Crippen MR) is 58.6 cm³/mol. The Balaban J connectivity index is 1.92. The summed E-state index contributed by atoms with van der Waals surface area (Å²) >= 11 is 0. The van der Waals surface area contributed by atoms with Gasteiger partial charge in [0.2, 0.25) is 0 Å². The molecule has 5 rings (SSSR count). The summed E-state index contributed by atoms with van der Waals surface area (Å²) in [4.78, 5) is 4.73. The third-order valence-electron chi connectivity index (χ3n) is 3.47. The molecule has 0 aromatic rings. The van der Waals surface area contributed by atoms with Gasteiger partial charge in [0.25, 0.3) is 0 Å². The van der Waals surface area contributed by atoms with Crippen molar-refractivity contribution in [2.75, 3.05) is 0 Å². The number of nitrogens with zero attached hydrogens (tertiary/aromatic N) is 1. The fourth-order valence-corrected chi connectivity index (χ4v) is 2.76. The first-order chi connectivity index (χ1) is 7.42. The first kappa shape index (κ1) is 7.83. The van der Waals surface area contributed by atoms with Gasteiger partial charge in [-0.25, -0.2) is 0 Å². The Labute approximate surface area is 88.3 Å². The Hall–Kier alpha value is -1.41.